The van der Waals surface area contributed by atoms with Gasteiger partial charge in [-0.1, -0.05) is 0 Å². The van der Waals surface area contributed by atoms with Gasteiger partial charge in [0.15, 0.2) is 0 Å². The van der Waals surface area contributed by atoms with Gasteiger partial charge in [-0.2, -0.15) is 0 Å². The molecule has 0 aromatic carbocycles. The molecule has 8 heteroatoms. The summed E-state index contributed by atoms with van der Waals surface area (Å²) in [4.78, 5) is 0. The van der Waals surface area contributed by atoms with Crippen LogP contribution in [0.3, 0.4) is 0 Å². The van der Waals surface area contributed by atoms with E-state index >= 15 is 0 Å². The molecular formula is C10H27ClO5Si2. The van der Waals surface area contributed by atoms with Crippen molar-refractivity contribution in [1.29, 1.82) is 0 Å². The van der Waals surface area contributed by atoms with Crippen LogP contribution in [0.2, 0.25) is 6.04 Å². The van der Waals surface area contributed by atoms with E-state index in [1.807, 2.05) is 13.8 Å². The van der Waals surface area contributed by atoms with Gasteiger partial charge in [0.25, 0.3) is 0 Å². The fraction of sp³-hybridized carbons (Fsp3) is 1.00. The molecular weight excluding hydrogens is 292 g/mol. The van der Waals surface area contributed by atoms with E-state index in [2.05, 4.69) is 0 Å². The summed E-state index contributed by atoms with van der Waals surface area (Å²) >= 11 is 5.53. The lowest BCUT2D eigenvalue weighted by Gasteiger charge is -2.23. The van der Waals surface area contributed by atoms with Gasteiger partial charge in [0.05, 0.1) is 0 Å². The Labute approximate surface area is 119 Å². The van der Waals surface area contributed by atoms with E-state index in [1.165, 1.54) is 0 Å². The largest absolute Gasteiger partial charge is 0.500 e. The topological polar surface area (TPSA) is 46.2 Å². The number of rotatable bonds is 10. The number of alkyl halides is 1. The first kappa shape index (κ1) is 20.8. The predicted octanol–water partition coefficient (Wildman–Crippen LogP) is 1.55. The molecule has 0 N–H and O–H groups in total. The van der Waals surface area contributed by atoms with Gasteiger partial charge in [-0.25, -0.2) is 0 Å². The highest BCUT2D eigenvalue weighted by atomic mass is 35.5. The highest BCUT2D eigenvalue weighted by Crippen LogP contribution is 2.14. The molecule has 0 amide bonds. The van der Waals surface area contributed by atoms with Crippen LogP contribution in [0.25, 0.3) is 0 Å². The van der Waals surface area contributed by atoms with E-state index in [-0.39, 0.29) is 0 Å². The van der Waals surface area contributed by atoms with Gasteiger partial charge >= 0.3 is 18.8 Å². The third-order valence-electron chi connectivity index (χ3n) is 2.12. The standard InChI is InChI=1S/C6H15ClO3Si.C4H12O2Si/c1-8-11(9-2,10-3)6-4-5-7;1-3-5-7-6-4-2/h4-6H2,1-3H3;3-4,7H2,1-2H3. The van der Waals surface area contributed by atoms with Crippen LogP contribution in [0, 0.1) is 0 Å². The van der Waals surface area contributed by atoms with Crippen molar-refractivity contribution < 1.29 is 22.1 Å². The summed E-state index contributed by atoms with van der Waals surface area (Å²) in [5.41, 5.74) is 0. The van der Waals surface area contributed by atoms with Crippen LogP contribution in [-0.2, 0) is 22.1 Å². The number of hydrogen-bond acceptors (Lipinski definition) is 5. The van der Waals surface area contributed by atoms with Gasteiger partial charge in [0, 0.05) is 46.5 Å². The molecule has 0 aromatic rings. The van der Waals surface area contributed by atoms with Crippen molar-refractivity contribution in [3.8, 4) is 0 Å². The molecule has 0 atom stereocenters. The molecule has 0 rings (SSSR count). The zero-order valence-corrected chi connectivity index (χ0v) is 15.3. The molecule has 0 saturated carbocycles. The lowest BCUT2D eigenvalue weighted by molar-refractivity contribution is 0.123. The zero-order valence-electron chi connectivity index (χ0n) is 12.2. The number of hydrogen-bond donors (Lipinski definition) is 0. The van der Waals surface area contributed by atoms with Gasteiger partial charge in [0.2, 0.25) is 0 Å². The maximum absolute atomic E-state index is 5.53. The normalized spacial score (nSPS) is 11.0. The third kappa shape index (κ3) is 11.6. The van der Waals surface area contributed by atoms with Crippen molar-refractivity contribution in [2.24, 2.45) is 0 Å². The van der Waals surface area contributed by atoms with E-state index in [4.69, 9.17) is 33.7 Å². The zero-order chi connectivity index (χ0) is 14.3. The van der Waals surface area contributed by atoms with Crippen LogP contribution in [0.15, 0.2) is 0 Å². The SMILES string of the molecule is CCO[SiH2]OCC.CO[Si](CCCCl)(OC)OC. The molecule has 0 fully saturated rings. The lowest BCUT2D eigenvalue weighted by Crippen LogP contribution is -2.42. The second-order valence-corrected chi connectivity index (χ2v) is 7.71. The van der Waals surface area contributed by atoms with Crippen LogP contribution >= 0.6 is 11.6 Å². The molecule has 0 aliphatic heterocycles. The van der Waals surface area contributed by atoms with Crippen LogP contribution < -0.4 is 0 Å². The highest BCUT2D eigenvalue weighted by Gasteiger charge is 2.36. The Kier molecular flexibility index (Phi) is 18.0. The molecule has 0 aliphatic carbocycles. The van der Waals surface area contributed by atoms with E-state index in [0.717, 1.165) is 25.7 Å². The van der Waals surface area contributed by atoms with Crippen molar-refractivity contribution in [2.45, 2.75) is 26.3 Å². The van der Waals surface area contributed by atoms with E-state index in [9.17, 15) is 0 Å². The van der Waals surface area contributed by atoms with Crippen LogP contribution in [0.5, 0.6) is 0 Å². The molecule has 0 spiro atoms. The second kappa shape index (κ2) is 15.6. The first-order chi connectivity index (χ1) is 8.66. The minimum atomic E-state index is -2.32. The molecule has 0 heterocycles. The Morgan fingerprint density at radius 3 is 1.67 bits per heavy atom. The van der Waals surface area contributed by atoms with Crippen molar-refractivity contribution in [2.75, 3.05) is 40.4 Å². The fourth-order valence-electron chi connectivity index (χ4n) is 1.07. The van der Waals surface area contributed by atoms with Gasteiger partial charge in [-0.05, 0) is 20.3 Å². The van der Waals surface area contributed by atoms with Gasteiger partial charge in [0.1, 0.15) is 0 Å². The van der Waals surface area contributed by atoms with Crippen molar-refractivity contribution in [3.05, 3.63) is 0 Å². The molecule has 5 nitrogen and oxygen atoms in total. The fourth-order valence-corrected chi connectivity index (χ4v) is 3.60. The lowest BCUT2D eigenvalue weighted by atomic mass is 10.6. The minimum absolute atomic E-state index is 0.589. The maximum atomic E-state index is 5.53. The van der Waals surface area contributed by atoms with Crippen LogP contribution in [0.4, 0.5) is 0 Å². The van der Waals surface area contributed by atoms with Crippen LogP contribution in [0.1, 0.15) is 20.3 Å². The first-order valence-electron chi connectivity index (χ1n) is 6.03. The average molecular weight is 319 g/mol. The molecule has 18 heavy (non-hydrogen) atoms. The number of halogens is 1. The van der Waals surface area contributed by atoms with Crippen LogP contribution in [-0.4, -0.2) is 59.2 Å². The molecule has 112 valence electrons. The summed E-state index contributed by atoms with van der Waals surface area (Å²) in [5, 5.41) is 0. The predicted molar refractivity (Wildman–Crippen MR) is 78.7 cm³/mol. The summed E-state index contributed by atoms with van der Waals surface area (Å²) in [6, 6.07) is 0.778. The van der Waals surface area contributed by atoms with Gasteiger partial charge in [-0.3, -0.25) is 0 Å². The third-order valence-corrected chi connectivity index (χ3v) is 6.37. The molecule has 0 aliphatic rings. The summed E-state index contributed by atoms with van der Waals surface area (Å²) in [7, 11) is 1.90. The van der Waals surface area contributed by atoms with Crippen molar-refractivity contribution in [1.82, 2.24) is 0 Å². The smallest absolute Gasteiger partial charge is 0.399 e. The highest BCUT2D eigenvalue weighted by molar-refractivity contribution is 6.60. The van der Waals surface area contributed by atoms with E-state index < -0.39 is 18.8 Å². The Bertz CT molecular complexity index is 149. The monoisotopic (exact) mass is 318 g/mol. The molecule has 0 radical (unpaired) electrons. The summed E-state index contributed by atoms with van der Waals surface area (Å²) in [5.74, 6) is 0.616. The Morgan fingerprint density at radius 1 is 0.944 bits per heavy atom. The molecule has 0 bridgehead atoms. The Balaban J connectivity index is 0. The Morgan fingerprint density at radius 2 is 1.39 bits per heavy atom. The Hall–Kier alpha value is 0.524. The average Bonchev–Trinajstić information content (AvgIpc) is 2.42. The molecule has 0 unspecified atom stereocenters. The quantitative estimate of drug-likeness (QED) is 0.347. The van der Waals surface area contributed by atoms with Gasteiger partial charge < -0.3 is 22.1 Å². The maximum Gasteiger partial charge on any atom is 0.500 e. The molecule has 0 aromatic heterocycles. The van der Waals surface area contributed by atoms with E-state index in [1.54, 1.807) is 21.3 Å². The summed E-state index contributed by atoms with van der Waals surface area (Å²) in [6.07, 6.45) is 0.864. The summed E-state index contributed by atoms with van der Waals surface area (Å²) < 4.78 is 25.5. The minimum Gasteiger partial charge on any atom is -0.399 e. The van der Waals surface area contributed by atoms with Crippen molar-refractivity contribution >= 4 is 30.4 Å². The van der Waals surface area contributed by atoms with Crippen molar-refractivity contribution in [3.63, 3.8) is 0 Å². The molecule has 0 saturated heterocycles. The van der Waals surface area contributed by atoms with E-state index in [0.29, 0.717) is 5.88 Å². The second-order valence-electron chi connectivity index (χ2n) is 3.19. The van der Waals surface area contributed by atoms with Gasteiger partial charge in [-0.15, -0.1) is 11.6 Å². The summed E-state index contributed by atoms with van der Waals surface area (Å²) in [6.45, 7) is 5.55. The first-order valence-corrected chi connectivity index (χ1v) is 9.65.